The Hall–Kier alpha value is -1.60. The molecule has 2 fully saturated rings. The molecule has 2 aliphatic heterocycles. The first-order valence-electron chi connectivity index (χ1n) is 7.98. The highest BCUT2D eigenvalue weighted by atomic mass is 32.2. The average molecular weight is 332 g/mol. The standard InChI is InChI=1S/C16H20N4O2S/c1-11-18-15(22-20-11)13-3-2-6-17-14(13)19-12-4-7-21-16(9-12)5-8-23-10-16/h2-3,6,12H,4-5,7-10H2,1H3,(H,17,19)/t12-,16+/m1/s1. The van der Waals surface area contributed by atoms with Crippen LogP contribution in [-0.2, 0) is 4.74 Å². The first kappa shape index (κ1) is 15.0. The molecule has 23 heavy (non-hydrogen) atoms. The topological polar surface area (TPSA) is 73.1 Å². The lowest BCUT2D eigenvalue weighted by Gasteiger charge is -2.38. The molecule has 1 spiro atoms. The Balaban J connectivity index is 1.55. The summed E-state index contributed by atoms with van der Waals surface area (Å²) in [5.74, 6) is 4.24. The Morgan fingerprint density at radius 3 is 3.17 bits per heavy atom. The van der Waals surface area contributed by atoms with E-state index in [2.05, 4.69) is 20.4 Å². The Kier molecular flexibility index (Phi) is 3.98. The van der Waals surface area contributed by atoms with E-state index >= 15 is 0 Å². The van der Waals surface area contributed by atoms with Crippen LogP contribution in [0.3, 0.4) is 0 Å². The van der Waals surface area contributed by atoms with Gasteiger partial charge in [0.15, 0.2) is 5.82 Å². The highest BCUT2D eigenvalue weighted by molar-refractivity contribution is 7.99. The molecule has 4 rings (SSSR count). The summed E-state index contributed by atoms with van der Waals surface area (Å²) in [6.45, 7) is 2.62. The molecule has 0 bridgehead atoms. The molecule has 0 unspecified atom stereocenters. The lowest BCUT2D eigenvalue weighted by molar-refractivity contribution is -0.0628. The van der Waals surface area contributed by atoms with Crippen LogP contribution in [-0.4, -0.2) is 44.9 Å². The summed E-state index contributed by atoms with van der Waals surface area (Å²) in [7, 11) is 0. The van der Waals surface area contributed by atoms with Gasteiger partial charge in [-0.3, -0.25) is 0 Å². The van der Waals surface area contributed by atoms with Crippen molar-refractivity contribution in [1.29, 1.82) is 0 Å². The number of anilines is 1. The van der Waals surface area contributed by atoms with Crippen molar-refractivity contribution in [3.05, 3.63) is 24.2 Å². The van der Waals surface area contributed by atoms with Crippen molar-refractivity contribution >= 4 is 17.6 Å². The second-order valence-electron chi connectivity index (χ2n) is 6.21. The normalized spacial score (nSPS) is 27.4. The number of thioether (sulfide) groups is 1. The fourth-order valence-electron chi connectivity index (χ4n) is 3.31. The van der Waals surface area contributed by atoms with E-state index in [1.807, 2.05) is 30.8 Å². The maximum atomic E-state index is 6.09. The molecule has 6 nitrogen and oxygen atoms in total. The number of aromatic nitrogens is 3. The molecule has 2 atom stereocenters. The summed E-state index contributed by atoms with van der Waals surface area (Å²) in [6, 6.07) is 4.21. The maximum absolute atomic E-state index is 6.09. The second kappa shape index (κ2) is 6.13. The van der Waals surface area contributed by atoms with Gasteiger partial charge in [0.2, 0.25) is 0 Å². The minimum absolute atomic E-state index is 0.0522. The fraction of sp³-hybridized carbons (Fsp3) is 0.562. The summed E-state index contributed by atoms with van der Waals surface area (Å²) in [5, 5.41) is 7.45. The van der Waals surface area contributed by atoms with Gasteiger partial charge in [-0.15, -0.1) is 0 Å². The van der Waals surface area contributed by atoms with E-state index in [0.29, 0.717) is 17.8 Å². The Labute approximate surface area is 139 Å². The Morgan fingerprint density at radius 2 is 2.39 bits per heavy atom. The summed E-state index contributed by atoms with van der Waals surface area (Å²) in [4.78, 5) is 8.81. The summed E-state index contributed by atoms with van der Waals surface area (Å²) >= 11 is 1.99. The number of nitrogens with one attached hydrogen (secondary N) is 1. The molecule has 4 heterocycles. The second-order valence-corrected chi connectivity index (χ2v) is 7.32. The minimum atomic E-state index is 0.0522. The van der Waals surface area contributed by atoms with Gasteiger partial charge in [-0.1, -0.05) is 5.16 Å². The van der Waals surface area contributed by atoms with Crippen LogP contribution in [0.5, 0.6) is 0 Å². The predicted octanol–water partition coefficient (Wildman–Crippen LogP) is 2.91. The third-order valence-electron chi connectivity index (χ3n) is 4.47. The van der Waals surface area contributed by atoms with Crippen LogP contribution in [0, 0.1) is 6.92 Å². The molecule has 2 aromatic rings. The van der Waals surface area contributed by atoms with Gasteiger partial charge in [0.1, 0.15) is 5.82 Å². The predicted molar refractivity (Wildman–Crippen MR) is 89.5 cm³/mol. The van der Waals surface area contributed by atoms with Crippen LogP contribution in [0.25, 0.3) is 11.5 Å². The highest BCUT2D eigenvalue weighted by Crippen LogP contribution is 2.39. The van der Waals surface area contributed by atoms with E-state index in [1.54, 1.807) is 6.20 Å². The smallest absolute Gasteiger partial charge is 0.261 e. The summed E-state index contributed by atoms with van der Waals surface area (Å²) in [5.41, 5.74) is 0.908. The number of pyridine rings is 1. The monoisotopic (exact) mass is 332 g/mol. The molecule has 0 aromatic carbocycles. The van der Waals surface area contributed by atoms with E-state index < -0.39 is 0 Å². The van der Waals surface area contributed by atoms with Crippen molar-refractivity contribution in [3.63, 3.8) is 0 Å². The fourth-order valence-corrected chi connectivity index (χ4v) is 4.69. The van der Waals surface area contributed by atoms with E-state index in [-0.39, 0.29) is 5.60 Å². The molecular weight excluding hydrogens is 312 g/mol. The zero-order valence-electron chi connectivity index (χ0n) is 13.1. The molecule has 1 N–H and O–H groups in total. The molecular formula is C16H20N4O2S. The van der Waals surface area contributed by atoms with Gasteiger partial charge in [0.05, 0.1) is 11.2 Å². The van der Waals surface area contributed by atoms with Crippen LogP contribution in [0.15, 0.2) is 22.9 Å². The van der Waals surface area contributed by atoms with Gasteiger partial charge in [-0.05, 0) is 44.1 Å². The Morgan fingerprint density at radius 1 is 1.43 bits per heavy atom. The van der Waals surface area contributed by atoms with Crippen LogP contribution in [0.1, 0.15) is 25.1 Å². The Bertz CT molecular complexity index is 684. The molecule has 7 heteroatoms. The first-order valence-corrected chi connectivity index (χ1v) is 9.14. The largest absolute Gasteiger partial charge is 0.374 e. The number of hydrogen-bond donors (Lipinski definition) is 1. The third kappa shape index (κ3) is 3.07. The molecule has 2 aromatic heterocycles. The van der Waals surface area contributed by atoms with Gasteiger partial charge in [-0.25, -0.2) is 4.98 Å². The number of rotatable bonds is 3. The van der Waals surface area contributed by atoms with E-state index in [1.165, 1.54) is 5.75 Å². The van der Waals surface area contributed by atoms with Gasteiger partial charge in [0, 0.05) is 24.6 Å². The van der Waals surface area contributed by atoms with E-state index in [9.17, 15) is 0 Å². The molecule has 2 aliphatic rings. The molecule has 0 aliphatic carbocycles. The molecule has 0 saturated carbocycles. The minimum Gasteiger partial charge on any atom is -0.374 e. The zero-order valence-corrected chi connectivity index (χ0v) is 13.9. The highest BCUT2D eigenvalue weighted by Gasteiger charge is 2.40. The maximum Gasteiger partial charge on any atom is 0.261 e. The van der Waals surface area contributed by atoms with Crippen molar-refractivity contribution in [2.24, 2.45) is 0 Å². The molecule has 0 amide bonds. The van der Waals surface area contributed by atoms with Crippen molar-refractivity contribution < 1.29 is 9.26 Å². The number of hydrogen-bond acceptors (Lipinski definition) is 7. The molecule has 2 saturated heterocycles. The molecule has 0 radical (unpaired) electrons. The number of aryl methyl sites for hydroxylation is 1. The van der Waals surface area contributed by atoms with Crippen LogP contribution in [0.2, 0.25) is 0 Å². The van der Waals surface area contributed by atoms with Crippen molar-refractivity contribution in [2.45, 2.75) is 37.8 Å². The summed E-state index contributed by atoms with van der Waals surface area (Å²) < 4.78 is 11.4. The quantitative estimate of drug-likeness (QED) is 0.926. The number of ether oxygens (including phenoxy) is 1. The van der Waals surface area contributed by atoms with E-state index in [4.69, 9.17) is 9.26 Å². The molecule has 122 valence electrons. The van der Waals surface area contributed by atoms with Gasteiger partial charge >= 0.3 is 0 Å². The first-order chi connectivity index (χ1) is 11.2. The zero-order chi connectivity index (χ0) is 15.7. The lowest BCUT2D eigenvalue weighted by Crippen LogP contribution is -2.44. The van der Waals surface area contributed by atoms with Crippen LogP contribution < -0.4 is 5.32 Å². The lowest BCUT2D eigenvalue weighted by atomic mass is 9.90. The van der Waals surface area contributed by atoms with Gasteiger partial charge in [0.25, 0.3) is 5.89 Å². The van der Waals surface area contributed by atoms with Crippen molar-refractivity contribution in [2.75, 3.05) is 23.4 Å². The van der Waals surface area contributed by atoms with E-state index in [0.717, 1.165) is 43.0 Å². The average Bonchev–Trinajstić information content (AvgIpc) is 3.18. The SMILES string of the molecule is Cc1noc(-c2cccnc2N[C@@H]2CCO[C@@]3(CCSC3)C2)n1. The van der Waals surface area contributed by atoms with Crippen LogP contribution >= 0.6 is 11.8 Å². The van der Waals surface area contributed by atoms with Gasteiger partial charge in [-0.2, -0.15) is 16.7 Å². The third-order valence-corrected chi connectivity index (χ3v) is 5.69. The van der Waals surface area contributed by atoms with Gasteiger partial charge < -0.3 is 14.6 Å². The van der Waals surface area contributed by atoms with Crippen molar-refractivity contribution in [1.82, 2.24) is 15.1 Å². The summed E-state index contributed by atoms with van der Waals surface area (Å²) in [6.07, 6.45) is 4.95. The number of nitrogens with zero attached hydrogens (tertiary/aromatic N) is 3. The van der Waals surface area contributed by atoms with Crippen molar-refractivity contribution in [3.8, 4) is 11.5 Å². The van der Waals surface area contributed by atoms with Crippen LogP contribution in [0.4, 0.5) is 5.82 Å².